The second-order valence-electron chi connectivity index (χ2n) is 10.4. The number of piperidine rings is 1. The summed E-state index contributed by atoms with van der Waals surface area (Å²) in [6.07, 6.45) is 6.78. The Morgan fingerprint density at radius 1 is 1.34 bits per heavy atom. The number of nitrogens with zero attached hydrogens (tertiary/aromatic N) is 2. The monoisotopic (exact) mass is 492 g/mol. The van der Waals surface area contributed by atoms with Gasteiger partial charge in [-0.25, -0.2) is 4.39 Å². The molecule has 2 heterocycles. The van der Waals surface area contributed by atoms with E-state index in [1.165, 1.54) is 0 Å². The summed E-state index contributed by atoms with van der Waals surface area (Å²) in [4.78, 5) is 22.6. The molecule has 7 atom stereocenters. The molecule has 1 amide bonds. The summed E-state index contributed by atoms with van der Waals surface area (Å²) in [5.41, 5.74) is 7.90. The van der Waals surface area contributed by atoms with E-state index in [0.29, 0.717) is 29.9 Å². The van der Waals surface area contributed by atoms with Crippen molar-refractivity contribution in [2.24, 2.45) is 39.4 Å². The van der Waals surface area contributed by atoms with E-state index in [0.717, 1.165) is 63.9 Å². The number of rotatable bonds is 14. The van der Waals surface area contributed by atoms with Crippen LogP contribution in [0, 0.1) is 23.7 Å². The molecule has 1 fully saturated rings. The Kier molecular flexibility index (Phi) is 12.9. The molecule has 8 heteroatoms. The van der Waals surface area contributed by atoms with Crippen molar-refractivity contribution >= 4 is 17.8 Å². The summed E-state index contributed by atoms with van der Waals surface area (Å²) < 4.78 is 13.9. The number of allylic oxidation sites excluding steroid dienone is 1. The van der Waals surface area contributed by atoms with Crippen LogP contribution in [-0.4, -0.2) is 62.4 Å². The van der Waals surface area contributed by atoms with Crippen molar-refractivity contribution in [1.82, 2.24) is 16.0 Å². The molecular weight excluding hydrogens is 443 g/mol. The van der Waals surface area contributed by atoms with Crippen LogP contribution >= 0.6 is 0 Å². The molecule has 0 radical (unpaired) electrons. The summed E-state index contributed by atoms with van der Waals surface area (Å²) in [6, 6.07) is 0.00928. The highest BCUT2D eigenvalue weighted by Crippen LogP contribution is 2.33. The van der Waals surface area contributed by atoms with Crippen molar-refractivity contribution in [2.45, 2.75) is 91.0 Å². The molecule has 0 aromatic rings. The fourth-order valence-corrected chi connectivity index (χ4v) is 5.29. The third-order valence-electron chi connectivity index (χ3n) is 7.57. The van der Waals surface area contributed by atoms with Gasteiger partial charge in [0.1, 0.15) is 12.1 Å². The van der Waals surface area contributed by atoms with Crippen LogP contribution in [0.5, 0.6) is 0 Å². The van der Waals surface area contributed by atoms with Crippen LogP contribution in [0.1, 0.15) is 72.6 Å². The zero-order valence-electron chi connectivity index (χ0n) is 22.4. The number of carbonyl (C=O) groups is 1. The van der Waals surface area contributed by atoms with Gasteiger partial charge in [-0.05, 0) is 69.5 Å². The average molecular weight is 493 g/mol. The molecule has 7 unspecified atom stereocenters. The first-order valence-corrected chi connectivity index (χ1v) is 13.6. The fraction of sp³-hybridized carbons (Fsp3) is 0.815. The number of amides is 1. The molecular formula is C27H49FN6O. The van der Waals surface area contributed by atoms with Gasteiger partial charge in [0, 0.05) is 30.5 Å². The number of unbranched alkanes of at least 4 members (excludes halogenated alkanes) is 2. The van der Waals surface area contributed by atoms with Crippen molar-refractivity contribution in [3.8, 4) is 0 Å². The number of nitrogens with two attached hydrogens (primary N) is 1. The van der Waals surface area contributed by atoms with Crippen molar-refractivity contribution < 1.29 is 9.18 Å². The zero-order valence-corrected chi connectivity index (χ0v) is 22.4. The van der Waals surface area contributed by atoms with E-state index in [2.05, 4.69) is 46.4 Å². The smallest absolute Gasteiger partial charge is 0.232 e. The van der Waals surface area contributed by atoms with Crippen LogP contribution in [0.15, 0.2) is 22.3 Å². The van der Waals surface area contributed by atoms with E-state index in [4.69, 9.17) is 5.73 Å². The van der Waals surface area contributed by atoms with Crippen molar-refractivity contribution in [2.75, 3.05) is 26.2 Å². The van der Waals surface area contributed by atoms with E-state index in [-0.39, 0.29) is 18.5 Å². The Balaban J connectivity index is 2.16. The summed E-state index contributed by atoms with van der Waals surface area (Å²) in [5, 5.41) is 9.98. The summed E-state index contributed by atoms with van der Waals surface area (Å²) >= 11 is 0. The SMILES string of the molecule is C=C(CCCCC)NC(N)C(C(=O)NC1CNCCC1C1CC=NCC1C)/C(C)=N/CC(F)CC. The molecule has 35 heavy (non-hydrogen) atoms. The average Bonchev–Trinajstić information content (AvgIpc) is 2.83. The summed E-state index contributed by atoms with van der Waals surface area (Å²) in [5.74, 6) is 0.510. The lowest BCUT2D eigenvalue weighted by molar-refractivity contribution is -0.125. The minimum atomic E-state index is -1.02. The van der Waals surface area contributed by atoms with Crippen LogP contribution in [0.25, 0.3) is 0 Å². The lowest BCUT2D eigenvalue weighted by Gasteiger charge is -2.41. The molecule has 1 saturated heterocycles. The van der Waals surface area contributed by atoms with Crippen molar-refractivity contribution in [3.05, 3.63) is 12.3 Å². The highest BCUT2D eigenvalue weighted by Gasteiger charge is 2.38. The minimum Gasteiger partial charge on any atom is -0.373 e. The number of hydrogen-bond donors (Lipinski definition) is 4. The molecule has 7 nitrogen and oxygen atoms in total. The van der Waals surface area contributed by atoms with Gasteiger partial charge < -0.3 is 21.7 Å². The Labute approximate surface area is 212 Å². The molecule has 5 N–H and O–H groups in total. The molecule has 0 aromatic heterocycles. The highest BCUT2D eigenvalue weighted by atomic mass is 19.1. The number of alkyl halides is 1. The van der Waals surface area contributed by atoms with Crippen LogP contribution in [0.4, 0.5) is 4.39 Å². The molecule has 2 aliphatic rings. The van der Waals surface area contributed by atoms with E-state index in [9.17, 15) is 9.18 Å². The second kappa shape index (κ2) is 15.3. The van der Waals surface area contributed by atoms with Crippen LogP contribution < -0.4 is 21.7 Å². The predicted octanol–water partition coefficient (Wildman–Crippen LogP) is 3.60. The van der Waals surface area contributed by atoms with Crippen molar-refractivity contribution in [1.29, 1.82) is 0 Å². The number of aliphatic imine (C=N–C) groups is 2. The first kappa shape index (κ1) is 29.4. The lowest BCUT2D eigenvalue weighted by Crippen LogP contribution is -2.59. The number of nitrogens with one attached hydrogen (secondary N) is 3. The van der Waals surface area contributed by atoms with E-state index in [1.807, 2.05) is 6.21 Å². The standard InChI is InChI=1S/C27H49FN6O/c1-6-8-9-10-19(4)33-26(29)25(20(5)32-16-21(28)7-2)27(35)34-24-17-31-14-12-23(24)22-11-13-30-15-18(22)3/h13,18,21-26,31,33H,4,6-12,14-17,29H2,1-3,5H3,(H,34,35)/b32-20+. The molecule has 0 bridgehead atoms. The van der Waals surface area contributed by atoms with Gasteiger partial charge in [0.25, 0.3) is 0 Å². The van der Waals surface area contributed by atoms with Gasteiger partial charge in [0.05, 0.1) is 12.7 Å². The van der Waals surface area contributed by atoms with Gasteiger partial charge in [0.15, 0.2) is 0 Å². The first-order valence-electron chi connectivity index (χ1n) is 13.6. The largest absolute Gasteiger partial charge is 0.373 e. The Morgan fingerprint density at radius 3 is 2.80 bits per heavy atom. The molecule has 0 spiro atoms. The maximum atomic E-state index is 13.9. The molecule has 0 saturated carbocycles. The van der Waals surface area contributed by atoms with Gasteiger partial charge in [-0.2, -0.15) is 0 Å². The number of carbonyl (C=O) groups excluding carboxylic acids is 1. The van der Waals surface area contributed by atoms with Gasteiger partial charge in [0.2, 0.25) is 5.91 Å². The van der Waals surface area contributed by atoms with Crippen LogP contribution in [0.3, 0.4) is 0 Å². The highest BCUT2D eigenvalue weighted by molar-refractivity contribution is 6.04. The maximum absolute atomic E-state index is 13.9. The Morgan fingerprint density at radius 2 is 2.11 bits per heavy atom. The summed E-state index contributed by atoms with van der Waals surface area (Å²) in [6.45, 7) is 14.7. The Hall–Kier alpha value is -1.80. The number of halogens is 1. The zero-order chi connectivity index (χ0) is 25.8. The Bertz CT molecular complexity index is 726. The predicted molar refractivity (Wildman–Crippen MR) is 145 cm³/mol. The van der Waals surface area contributed by atoms with E-state index >= 15 is 0 Å². The van der Waals surface area contributed by atoms with E-state index in [1.54, 1.807) is 13.8 Å². The number of hydrogen-bond acceptors (Lipinski definition) is 6. The topological polar surface area (TPSA) is 104 Å². The fourth-order valence-electron chi connectivity index (χ4n) is 5.29. The molecule has 0 aromatic carbocycles. The normalized spacial score (nSPS) is 27.7. The van der Waals surface area contributed by atoms with Crippen LogP contribution in [-0.2, 0) is 4.79 Å². The third kappa shape index (κ3) is 9.30. The third-order valence-corrected chi connectivity index (χ3v) is 7.57. The van der Waals surface area contributed by atoms with E-state index < -0.39 is 18.3 Å². The quantitative estimate of drug-likeness (QED) is 0.169. The lowest BCUT2D eigenvalue weighted by atomic mass is 9.72. The van der Waals surface area contributed by atoms with Gasteiger partial charge >= 0.3 is 0 Å². The molecule has 0 aliphatic carbocycles. The van der Waals surface area contributed by atoms with Crippen LogP contribution in [0.2, 0.25) is 0 Å². The summed E-state index contributed by atoms with van der Waals surface area (Å²) in [7, 11) is 0. The maximum Gasteiger partial charge on any atom is 0.232 e. The van der Waals surface area contributed by atoms with Crippen molar-refractivity contribution in [3.63, 3.8) is 0 Å². The molecule has 2 aliphatic heterocycles. The van der Waals surface area contributed by atoms with Gasteiger partial charge in [-0.15, -0.1) is 0 Å². The van der Waals surface area contributed by atoms with Gasteiger partial charge in [-0.3, -0.25) is 14.8 Å². The second-order valence-corrected chi connectivity index (χ2v) is 10.4. The molecule has 2 rings (SSSR count). The molecule has 200 valence electrons. The van der Waals surface area contributed by atoms with Gasteiger partial charge in [-0.1, -0.05) is 40.2 Å². The first-order chi connectivity index (χ1) is 16.8. The minimum absolute atomic E-state index is 0.00928.